The fourth-order valence-corrected chi connectivity index (χ4v) is 2.52. The zero-order valence-corrected chi connectivity index (χ0v) is 13.4. The van der Waals surface area contributed by atoms with Gasteiger partial charge in [-0.3, -0.25) is 0 Å². The molecule has 1 aromatic rings. The standard InChI is InChI=1S/C16H25ClN2O/c1-4-19(11-16(2,3)20)15-9-13(17)6-5-12(15)10-18-14-7-8-14/h5-6,9,14,18,20H,4,7-8,10-11H2,1-3H3. The summed E-state index contributed by atoms with van der Waals surface area (Å²) in [6, 6.07) is 6.70. The molecule has 0 spiro atoms. The minimum Gasteiger partial charge on any atom is -0.389 e. The number of nitrogens with one attached hydrogen (secondary N) is 1. The quantitative estimate of drug-likeness (QED) is 0.811. The third-order valence-electron chi connectivity index (χ3n) is 3.51. The molecular weight excluding hydrogens is 272 g/mol. The van der Waals surface area contributed by atoms with Gasteiger partial charge in [0.1, 0.15) is 0 Å². The van der Waals surface area contributed by atoms with E-state index < -0.39 is 5.60 Å². The van der Waals surface area contributed by atoms with Crippen LogP contribution in [0.2, 0.25) is 5.02 Å². The van der Waals surface area contributed by atoms with Crippen LogP contribution < -0.4 is 10.2 Å². The van der Waals surface area contributed by atoms with E-state index in [9.17, 15) is 5.11 Å². The zero-order valence-electron chi connectivity index (χ0n) is 12.6. The fraction of sp³-hybridized carbons (Fsp3) is 0.625. The largest absolute Gasteiger partial charge is 0.389 e. The van der Waals surface area contributed by atoms with Crippen molar-refractivity contribution in [1.29, 1.82) is 0 Å². The molecule has 0 aromatic heterocycles. The number of nitrogens with zero attached hydrogens (tertiary/aromatic N) is 1. The topological polar surface area (TPSA) is 35.5 Å². The molecule has 2 rings (SSSR count). The molecule has 0 unspecified atom stereocenters. The average Bonchev–Trinajstić information content (AvgIpc) is 3.17. The molecule has 0 saturated heterocycles. The molecule has 0 bridgehead atoms. The molecule has 0 aliphatic heterocycles. The summed E-state index contributed by atoms with van der Waals surface area (Å²) < 4.78 is 0. The molecule has 4 heteroatoms. The van der Waals surface area contributed by atoms with Gasteiger partial charge >= 0.3 is 0 Å². The lowest BCUT2D eigenvalue weighted by atomic mass is 10.1. The summed E-state index contributed by atoms with van der Waals surface area (Å²) in [6.45, 7) is 8.08. The number of aliphatic hydroxyl groups is 1. The normalized spacial score (nSPS) is 15.4. The first-order chi connectivity index (χ1) is 9.39. The first-order valence-corrected chi connectivity index (χ1v) is 7.76. The summed E-state index contributed by atoms with van der Waals surface area (Å²) >= 11 is 6.15. The second-order valence-electron chi connectivity index (χ2n) is 6.25. The van der Waals surface area contributed by atoms with Crippen molar-refractivity contribution in [3.05, 3.63) is 28.8 Å². The Bertz CT molecular complexity index is 452. The van der Waals surface area contributed by atoms with Gasteiger partial charge in [-0.15, -0.1) is 0 Å². The molecule has 1 aliphatic carbocycles. The molecule has 2 N–H and O–H groups in total. The van der Waals surface area contributed by atoms with E-state index in [1.165, 1.54) is 18.4 Å². The Hall–Kier alpha value is -0.770. The highest BCUT2D eigenvalue weighted by molar-refractivity contribution is 6.30. The van der Waals surface area contributed by atoms with Gasteiger partial charge in [0, 0.05) is 36.4 Å². The number of hydrogen-bond donors (Lipinski definition) is 2. The van der Waals surface area contributed by atoms with Crippen LogP contribution in [-0.2, 0) is 6.54 Å². The van der Waals surface area contributed by atoms with Crippen LogP contribution in [0.1, 0.15) is 39.2 Å². The SMILES string of the molecule is CCN(CC(C)(C)O)c1cc(Cl)ccc1CNC1CC1. The molecule has 1 aromatic carbocycles. The van der Waals surface area contributed by atoms with Crippen molar-refractivity contribution in [1.82, 2.24) is 5.32 Å². The molecule has 3 nitrogen and oxygen atoms in total. The van der Waals surface area contributed by atoms with Gasteiger partial charge in [-0.2, -0.15) is 0 Å². The Labute approximate surface area is 126 Å². The van der Waals surface area contributed by atoms with Gasteiger partial charge in [0.2, 0.25) is 0 Å². The fourth-order valence-electron chi connectivity index (χ4n) is 2.36. The minimum absolute atomic E-state index is 0.597. The van der Waals surface area contributed by atoms with Gasteiger partial charge in [0.05, 0.1) is 5.60 Å². The summed E-state index contributed by atoms with van der Waals surface area (Å²) in [5, 5.41) is 14.4. The molecule has 0 heterocycles. The summed E-state index contributed by atoms with van der Waals surface area (Å²) in [6.07, 6.45) is 2.56. The van der Waals surface area contributed by atoms with E-state index in [0.717, 1.165) is 23.8 Å². The summed E-state index contributed by atoms with van der Waals surface area (Å²) in [5.41, 5.74) is 1.64. The number of benzene rings is 1. The lowest BCUT2D eigenvalue weighted by Crippen LogP contribution is -2.39. The van der Waals surface area contributed by atoms with Crippen molar-refractivity contribution in [2.24, 2.45) is 0 Å². The molecule has 0 radical (unpaired) electrons. The number of hydrogen-bond acceptors (Lipinski definition) is 3. The second kappa shape index (κ2) is 6.33. The smallest absolute Gasteiger partial charge is 0.0765 e. The van der Waals surface area contributed by atoms with Crippen molar-refractivity contribution in [2.75, 3.05) is 18.0 Å². The van der Waals surface area contributed by atoms with Gasteiger partial charge in [-0.05, 0) is 51.3 Å². The highest BCUT2D eigenvalue weighted by Crippen LogP contribution is 2.27. The monoisotopic (exact) mass is 296 g/mol. The van der Waals surface area contributed by atoms with E-state index in [1.54, 1.807) is 0 Å². The Morgan fingerprint density at radius 3 is 2.65 bits per heavy atom. The number of halogens is 1. The molecule has 20 heavy (non-hydrogen) atoms. The third-order valence-corrected chi connectivity index (χ3v) is 3.74. The first-order valence-electron chi connectivity index (χ1n) is 7.38. The zero-order chi connectivity index (χ0) is 14.8. The second-order valence-corrected chi connectivity index (χ2v) is 6.69. The van der Waals surface area contributed by atoms with Crippen molar-refractivity contribution in [3.8, 4) is 0 Å². The maximum Gasteiger partial charge on any atom is 0.0765 e. The minimum atomic E-state index is -0.723. The van der Waals surface area contributed by atoms with Gasteiger partial charge in [-0.25, -0.2) is 0 Å². The maximum absolute atomic E-state index is 10.1. The van der Waals surface area contributed by atoms with E-state index >= 15 is 0 Å². The predicted octanol–water partition coefficient (Wildman–Crippen LogP) is 3.19. The van der Waals surface area contributed by atoms with E-state index in [4.69, 9.17) is 11.6 Å². The van der Waals surface area contributed by atoms with Crippen LogP contribution in [0.15, 0.2) is 18.2 Å². The van der Waals surface area contributed by atoms with Gasteiger partial charge < -0.3 is 15.3 Å². The lowest BCUT2D eigenvalue weighted by molar-refractivity contribution is 0.0875. The van der Waals surface area contributed by atoms with Crippen LogP contribution in [0.3, 0.4) is 0 Å². The molecule has 0 amide bonds. The Balaban J connectivity index is 2.18. The van der Waals surface area contributed by atoms with Crippen molar-refractivity contribution < 1.29 is 5.11 Å². The number of likely N-dealkylation sites (N-methyl/N-ethyl adjacent to an activating group) is 1. The highest BCUT2D eigenvalue weighted by Gasteiger charge is 2.22. The Kier molecular flexibility index (Phi) is 4.95. The van der Waals surface area contributed by atoms with Gasteiger partial charge in [-0.1, -0.05) is 17.7 Å². The lowest BCUT2D eigenvalue weighted by Gasteiger charge is -2.31. The molecule has 0 atom stereocenters. The number of anilines is 1. The van der Waals surface area contributed by atoms with Crippen molar-refractivity contribution >= 4 is 17.3 Å². The molecule has 1 saturated carbocycles. The average molecular weight is 297 g/mol. The van der Waals surface area contributed by atoms with Crippen LogP contribution >= 0.6 is 11.6 Å². The van der Waals surface area contributed by atoms with Crippen molar-refractivity contribution in [2.45, 2.75) is 51.8 Å². The summed E-state index contributed by atoms with van der Waals surface area (Å²) in [7, 11) is 0. The third kappa shape index (κ3) is 4.65. The molecule has 1 fully saturated rings. The van der Waals surface area contributed by atoms with E-state index in [1.807, 2.05) is 26.0 Å². The van der Waals surface area contributed by atoms with Crippen LogP contribution in [0.5, 0.6) is 0 Å². The van der Waals surface area contributed by atoms with E-state index in [2.05, 4.69) is 23.2 Å². The van der Waals surface area contributed by atoms with Crippen LogP contribution in [0.25, 0.3) is 0 Å². The summed E-state index contributed by atoms with van der Waals surface area (Å²) in [4.78, 5) is 2.19. The molecule has 112 valence electrons. The molecular formula is C16H25ClN2O. The first kappa shape index (κ1) is 15.6. The Morgan fingerprint density at radius 1 is 1.40 bits per heavy atom. The van der Waals surface area contributed by atoms with Crippen molar-refractivity contribution in [3.63, 3.8) is 0 Å². The summed E-state index contributed by atoms with van der Waals surface area (Å²) in [5.74, 6) is 0. The van der Waals surface area contributed by atoms with Crippen LogP contribution in [-0.4, -0.2) is 29.8 Å². The van der Waals surface area contributed by atoms with Crippen LogP contribution in [0.4, 0.5) is 5.69 Å². The van der Waals surface area contributed by atoms with Gasteiger partial charge in [0.25, 0.3) is 0 Å². The Morgan fingerprint density at radius 2 is 2.10 bits per heavy atom. The van der Waals surface area contributed by atoms with Crippen LogP contribution in [0, 0.1) is 0 Å². The highest BCUT2D eigenvalue weighted by atomic mass is 35.5. The van der Waals surface area contributed by atoms with E-state index in [0.29, 0.717) is 12.6 Å². The van der Waals surface area contributed by atoms with Gasteiger partial charge in [0.15, 0.2) is 0 Å². The predicted molar refractivity (Wildman–Crippen MR) is 85.5 cm³/mol. The number of rotatable bonds is 7. The van der Waals surface area contributed by atoms with E-state index in [-0.39, 0.29) is 0 Å². The maximum atomic E-state index is 10.1. The molecule has 1 aliphatic rings.